The van der Waals surface area contributed by atoms with Crippen LogP contribution in [0, 0.1) is 18.3 Å². The number of allylic oxidation sites excluding steroid dienone is 1. The van der Waals surface area contributed by atoms with Gasteiger partial charge in [0.05, 0.1) is 13.0 Å². The first-order chi connectivity index (χ1) is 20.9. The molecular weight excluding hydrogens is 612 g/mol. The van der Waals surface area contributed by atoms with Crippen molar-refractivity contribution >= 4 is 32.9 Å². The number of carbonyl (C=O) groups is 1. The first-order valence-corrected chi connectivity index (χ1v) is 14.1. The molecule has 1 aromatic heterocycles. The summed E-state index contributed by atoms with van der Waals surface area (Å²) >= 11 is 3.45. The third-order valence-corrected chi connectivity index (χ3v) is 7.74. The monoisotopic (exact) mass is 636 g/mol. The zero-order chi connectivity index (χ0) is 30.1. The lowest BCUT2D eigenvalue weighted by Crippen LogP contribution is -2.21. The number of nitrogens with zero attached hydrogens (tertiary/aromatic N) is 1. The molecule has 0 fully saturated rings. The van der Waals surface area contributed by atoms with Gasteiger partial charge in [0, 0.05) is 27.1 Å². The standard InChI is InChI=1S/C34H25BrN2O6/c1-19-25-15-22(35)9-13-27(25)42-32(19)34(38)41-23-10-11-24-29(16-23)43-33(37)26(17-36)31(24)21-8-12-28(30(14-21)39-2)40-18-20-6-4-3-5-7-20/h3-16,31H,18,37H2,1-2H3. The maximum absolute atomic E-state index is 13.1. The van der Waals surface area contributed by atoms with E-state index >= 15 is 0 Å². The molecule has 0 bridgehead atoms. The minimum atomic E-state index is -0.644. The third kappa shape index (κ3) is 5.41. The Bertz CT molecular complexity index is 1940. The van der Waals surface area contributed by atoms with Crippen molar-refractivity contribution in [3.05, 3.63) is 129 Å². The molecule has 1 unspecified atom stereocenters. The van der Waals surface area contributed by atoms with E-state index in [0.29, 0.717) is 40.6 Å². The summed E-state index contributed by atoms with van der Waals surface area (Å²) in [6, 6.07) is 28.0. The van der Waals surface area contributed by atoms with Crippen molar-refractivity contribution < 1.29 is 28.2 Å². The number of hydrogen-bond acceptors (Lipinski definition) is 8. The van der Waals surface area contributed by atoms with E-state index < -0.39 is 11.9 Å². The van der Waals surface area contributed by atoms with Crippen LogP contribution in [0.5, 0.6) is 23.0 Å². The summed E-state index contributed by atoms with van der Waals surface area (Å²) in [4.78, 5) is 13.1. The van der Waals surface area contributed by atoms with E-state index in [9.17, 15) is 10.1 Å². The van der Waals surface area contributed by atoms with Gasteiger partial charge in [0.2, 0.25) is 11.6 Å². The predicted octanol–water partition coefficient (Wildman–Crippen LogP) is 7.53. The Morgan fingerprint density at radius 3 is 2.60 bits per heavy atom. The van der Waals surface area contributed by atoms with Gasteiger partial charge in [-0.15, -0.1) is 0 Å². The summed E-state index contributed by atoms with van der Waals surface area (Å²) < 4.78 is 29.8. The Morgan fingerprint density at radius 2 is 1.84 bits per heavy atom. The molecule has 0 amide bonds. The SMILES string of the molecule is COc1cc(C2C(C#N)=C(N)Oc3cc(OC(=O)c4oc5ccc(Br)cc5c4C)ccc32)ccc1OCc1ccccc1. The lowest BCUT2D eigenvalue weighted by molar-refractivity contribution is 0.0702. The Hall–Kier alpha value is -5.20. The van der Waals surface area contributed by atoms with Crippen LogP contribution >= 0.6 is 15.9 Å². The minimum Gasteiger partial charge on any atom is -0.493 e. The van der Waals surface area contributed by atoms with Crippen molar-refractivity contribution in [2.24, 2.45) is 5.73 Å². The number of rotatable bonds is 7. The van der Waals surface area contributed by atoms with Gasteiger partial charge in [0.15, 0.2) is 11.5 Å². The predicted molar refractivity (Wildman–Crippen MR) is 163 cm³/mol. The minimum absolute atomic E-state index is 0.0365. The fourth-order valence-corrected chi connectivity index (χ4v) is 5.46. The number of nitrogens with two attached hydrogens (primary N) is 1. The molecular formula is C34H25BrN2O6. The van der Waals surface area contributed by atoms with Crippen LogP contribution in [-0.2, 0) is 6.61 Å². The molecule has 1 atom stereocenters. The Kier molecular flexibility index (Phi) is 7.53. The van der Waals surface area contributed by atoms with Crippen LogP contribution in [0.25, 0.3) is 11.0 Å². The fourth-order valence-electron chi connectivity index (χ4n) is 5.10. The second-order valence-electron chi connectivity index (χ2n) is 9.90. The second kappa shape index (κ2) is 11.6. The van der Waals surface area contributed by atoms with E-state index in [1.807, 2.05) is 60.7 Å². The molecule has 8 nitrogen and oxygen atoms in total. The van der Waals surface area contributed by atoms with Crippen LogP contribution in [0.1, 0.15) is 38.7 Å². The molecule has 0 spiro atoms. The summed E-state index contributed by atoms with van der Waals surface area (Å²) in [5, 5.41) is 10.8. The largest absolute Gasteiger partial charge is 0.493 e. The van der Waals surface area contributed by atoms with Crippen molar-refractivity contribution in [1.29, 1.82) is 5.26 Å². The van der Waals surface area contributed by atoms with E-state index in [2.05, 4.69) is 22.0 Å². The van der Waals surface area contributed by atoms with E-state index in [1.54, 1.807) is 38.3 Å². The third-order valence-electron chi connectivity index (χ3n) is 7.24. The summed E-state index contributed by atoms with van der Waals surface area (Å²) in [5.41, 5.74) is 10.2. The first-order valence-electron chi connectivity index (χ1n) is 13.3. The van der Waals surface area contributed by atoms with Crippen molar-refractivity contribution in [3.8, 4) is 29.1 Å². The van der Waals surface area contributed by atoms with Gasteiger partial charge in [-0.05, 0) is 54.4 Å². The fraction of sp³-hybridized carbons (Fsp3) is 0.118. The van der Waals surface area contributed by atoms with E-state index in [0.717, 1.165) is 21.0 Å². The van der Waals surface area contributed by atoms with Gasteiger partial charge < -0.3 is 29.1 Å². The molecule has 0 saturated carbocycles. The number of esters is 1. The molecule has 0 saturated heterocycles. The van der Waals surface area contributed by atoms with E-state index in [1.165, 1.54) is 0 Å². The molecule has 43 heavy (non-hydrogen) atoms. The molecule has 2 heterocycles. The Labute approximate surface area is 256 Å². The topological polar surface area (TPSA) is 117 Å². The van der Waals surface area contributed by atoms with Crippen LogP contribution in [0.4, 0.5) is 0 Å². The zero-order valence-corrected chi connectivity index (χ0v) is 24.8. The number of nitriles is 1. The number of fused-ring (bicyclic) bond motifs is 2. The summed E-state index contributed by atoms with van der Waals surface area (Å²) in [6.45, 7) is 2.18. The zero-order valence-electron chi connectivity index (χ0n) is 23.2. The second-order valence-corrected chi connectivity index (χ2v) is 10.8. The normalized spacial score (nSPS) is 14.0. The molecule has 0 radical (unpaired) electrons. The van der Waals surface area contributed by atoms with Crippen LogP contribution < -0.4 is 24.7 Å². The highest BCUT2D eigenvalue weighted by Crippen LogP contribution is 2.45. The van der Waals surface area contributed by atoms with Crippen molar-refractivity contribution in [2.75, 3.05) is 7.11 Å². The molecule has 1 aliphatic rings. The number of ether oxygens (including phenoxy) is 4. The molecule has 214 valence electrons. The summed E-state index contributed by atoms with van der Waals surface area (Å²) in [5.74, 6) is 0.549. The van der Waals surface area contributed by atoms with Gasteiger partial charge in [0.1, 0.15) is 35.3 Å². The number of hydrogen-bond donors (Lipinski definition) is 1. The number of methoxy groups -OCH3 is 1. The van der Waals surface area contributed by atoms with Gasteiger partial charge >= 0.3 is 5.97 Å². The molecule has 0 aliphatic carbocycles. The molecule has 9 heteroatoms. The van der Waals surface area contributed by atoms with Gasteiger partial charge in [-0.3, -0.25) is 0 Å². The van der Waals surface area contributed by atoms with Gasteiger partial charge in [0.25, 0.3) is 0 Å². The van der Waals surface area contributed by atoms with Crippen LogP contribution in [0.3, 0.4) is 0 Å². The molecule has 1 aliphatic heterocycles. The Balaban J connectivity index is 1.29. The van der Waals surface area contributed by atoms with Gasteiger partial charge in [-0.25, -0.2) is 4.79 Å². The van der Waals surface area contributed by atoms with Crippen molar-refractivity contribution in [3.63, 3.8) is 0 Å². The van der Waals surface area contributed by atoms with Gasteiger partial charge in [-0.2, -0.15) is 5.26 Å². The highest BCUT2D eigenvalue weighted by molar-refractivity contribution is 9.10. The van der Waals surface area contributed by atoms with E-state index in [-0.39, 0.29) is 23.0 Å². The molecule has 6 rings (SSSR count). The first kappa shape index (κ1) is 27.9. The number of halogens is 1. The van der Waals surface area contributed by atoms with E-state index in [4.69, 9.17) is 29.1 Å². The quantitative estimate of drug-likeness (QED) is 0.144. The number of benzene rings is 4. The van der Waals surface area contributed by atoms with Gasteiger partial charge in [-0.1, -0.05) is 58.4 Å². The van der Waals surface area contributed by atoms with Crippen molar-refractivity contribution in [1.82, 2.24) is 0 Å². The highest BCUT2D eigenvalue weighted by Gasteiger charge is 2.32. The average Bonchev–Trinajstić information content (AvgIpc) is 3.35. The number of carbonyl (C=O) groups excluding carboxylic acids is 1. The Morgan fingerprint density at radius 1 is 1.02 bits per heavy atom. The van der Waals surface area contributed by atoms with Crippen LogP contribution in [0.15, 0.2) is 105 Å². The van der Waals surface area contributed by atoms with Crippen LogP contribution in [0.2, 0.25) is 0 Å². The maximum atomic E-state index is 13.1. The molecule has 5 aromatic rings. The molecule has 4 aromatic carbocycles. The molecule has 2 N–H and O–H groups in total. The van der Waals surface area contributed by atoms with Crippen molar-refractivity contribution in [2.45, 2.75) is 19.4 Å². The lowest BCUT2D eigenvalue weighted by Gasteiger charge is -2.27. The number of furan rings is 1. The maximum Gasteiger partial charge on any atom is 0.379 e. The number of aryl methyl sites for hydroxylation is 1. The average molecular weight is 637 g/mol. The van der Waals surface area contributed by atoms with Crippen LogP contribution in [-0.4, -0.2) is 13.1 Å². The lowest BCUT2D eigenvalue weighted by atomic mass is 9.83. The smallest absolute Gasteiger partial charge is 0.379 e. The summed E-state index contributed by atoms with van der Waals surface area (Å²) in [7, 11) is 1.56. The highest BCUT2D eigenvalue weighted by atomic mass is 79.9. The summed E-state index contributed by atoms with van der Waals surface area (Å²) in [6.07, 6.45) is 0.